The van der Waals surface area contributed by atoms with Crippen molar-refractivity contribution in [3.63, 3.8) is 0 Å². The van der Waals surface area contributed by atoms with Gasteiger partial charge in [0.1, 0.15) is 11.6 Å². The minimum atomic E-state index is -1.18. The molecule has 4 heterocycles. The molecule has 2 bridgehead atoms. The van der Waals surface area contributed by atoms with Gasteiger partial charge in [-0.2, -0.15) is 0 Å². The first-order chi connectivity index (χ1) is 21.1. The number of amides is 3. The van der Waals surface area contributed by atoms with Crippen LogP contribution in [-0.4, -0.2) is 125 Å². The van der Waals surface area contributed by atoms with Gasteiger partial charge in [0.25, 0.3) is 0 Å². The molecule has 240 valence electrons. The van der Waals surface area contributed by atoms with Crippen molar-refractivity contribution >= 4 is 17.7 Å². The van der Waals surface area contributed by atoms with E-state index in [-0.39, 0.29) is 30.2 Å². The van der Waals surface area contributed by atoms with Crippen molar-refractivity contribution in [3.05, 3.63) is 61.2 Å². The topological polar surface area (TPSA) is 103 Å². The van der Waals surface area contributed by atoms with Gasteiger partial charge in [0.15, 0.2) is 0 Å². The molecule has 10 nitrogen and oxygen atoms in total. The summed E-state index contributed by atoms with van der Waals surface area (Å²) in [5.74, 6) is -2.41. The summed E-state index contributed by atoms with van der Waals surface area (Å²) in [6.45, 7) is 18.2. The lowest BCUT2D eigenvalue weighted by atomic mass is 9.62. The smallest absolute Gasteiger partial charge is 0.248 e. The molecule has 0 aromatic heterocycles. The fraction of sp³-hybridized carbons (Fsp3) is 0.618. The number of ether oxygens (including phenoxy) is 2. The van der Waals surface area contributed by atoms with Crippen LogP contribution in [0, 0.1) is 17.8 Å². The Bertz CT molecular complexity index is 1240. The second-order valence-electron chi connectivity index (χ2n) is 13.0. The summed E-state index contributed by atoms with van der Waals surface area (Å²) in [5, 5.41) is 10.3. The van der Waals surface area contributed by atoms with E-state index < -0.39 is 35.1 Å². The van der Waals surface area contributed by atoms with Crippen LogP contribution in [0.1, 0.15) is 32.8 Å². The molecular formula is C34H48N4O6. The number of aliphatic hydroxyl groups is 1. The quantitative estimate of drug-likeness (QED) is 0.342. The molecule has 0 radical (unpaired) electrons. The fourth-order valence-electron chi connectivity index (χ4n) is 7.99. The number of rotatable bonds is 13. The predicted octanol–water partition coefficient (Wildman–Crippen LogP) is 1.94. The fourth-order valence-corrected chi connectivity index (χ4v) is 7.99. The van der Waals surface area contributed by atoms with E-state index in [0.717, 1.165) is 18.7 Å². The number of hydrogen-bond acceptors (Lipinski definition) is 7. The molecule has 0 aliphatic carbocycles. The zero-order valence-corrected chi connectivity index (χ0v) is 26.4. The Morgan fingerprint density at radius 1 is 1.11 bits per heavy atom. The minimum Gasteiger partial charge on any atom is -0.394 e. The highest BCUT2D eigenvalue weighted by Gasteiger charge is 2.80. The van der Waals surface area contributed by atoms with Gasteiger partial charge >= 0.3 is 0 Å². The molecule has 5 rings (SSSR count). The van der Waals surface area contributed by atoms with Gasteiger partial charge in [-0.05, 0) is 31.7 Å². The largest absolute Gasteiger partial charge is 0.394 e. The van der Waals surface area contributed by atoms with Crippen LogP contribution >= 0.6 is 0 Å². The molecule has 1 spiro atoms. The summed E-state index contributed by atoms with van der Waals surface area (Å²) in [7, 11) is 0. The average molecular weight is 609 g/mol. The third kappa shape index (κ3) is 5.50. The first kappa shape index (κ1) is 32.3. The lowest BCUT2D eigenvalue weighted by Crippen LogP contribution is -2.59. The molecule has 4 aliphatic heterocycles. The highest BCUT2D eigenvalue weighted by Crippen LogP contribution is 2.65. The summed E-state index contributed by atoms with van der Waals surface area (Å²) in [4.78, 5) is 51.0. The van der Waals surface area contributed by atoms with Crippen molar-refractivity contribution in [3.8, 4) is 0 Å². The first-order valence-corrected chi connectivity index (χ1v) is 15.9. The first-order valence-electron chi connectivity index (χ1n) is 15.9. The lowest BCUT2D eigenvalue weighted by Gasteiger charge is -2.39. The van der Waals surface area contributed by atoms with E-state index >= 15 is 0 Å². The molecule has 10 heteroatoms. The van der Waals surface area contributed by atoms with E-state index in [0.29, 0.717) is 52.4 Å². The average Bonchev–Trinajstić information content (AvgIpc) is 3.55. The lowest BCUT2D eigenvalue weighted by molar-refractivity contribution is -0.157. The standard InChI is InChI=1S/C34H48N4O6/c1-6-13-36(16-15-35-17-19-43-20-18-35)32(42)29-34-21-24(3)33(5,44-34)27(28(34)31(41)38(29)25(4)23-39)30(40)37(14-7-2)22-26-11-9-8-10-12-26/h6-12,24-25,27-29,39H,1-2,13-23H2,3-5H3/t24?,25-,27-,28+,29?,33+,34?/m1/s1. The number of nitrogens with zero attached hydrogens (tertiary/aromatic N) is 4. The van der Waals surface area contributed by atoms with Gasteiger partial charge in [0.05, 0.1) is 43.3 Å². The molecule has 44 heavy (non-hydrogen) atoms. The van der Waals surface area contributed by atoms with Crippen LogP contribution in [0.2, 0.25) is 0 Å². The zero-order chi connectivity index (χ0) is 31.6. The number of likely N-dealkylation sites (tertiary alicyclic amines) is 1. The summed E-state index contributed by atoms with van der Waals surface area (Å²) in [5.41, 5.74) is -1.14. The van der Waals surface area contributed by atoms with Crippen LogP contribution in [0.5, 0.6) is 0 Å². The molecule has 1 aromatic carbocycles. The molecule has 1 aromatic rings. The summed E-state index contributed by atoms with van der Waals surface area (Å²) in [6, 6.07) is 8.15. The van der Waals surface area contributed by atoms with Gasteiger partial charge in [-0.25, -0.2) is 0 Å². The molecule has 0 saturated carbocycles. The summed E-state index contributed by atoms with van der Waals surface area (Å²) >= 11 is 0. The third-order valence-electron chi connectivity index (χ3n) is 10.3. The Labute approximate surface area is 261 Å². The molecule has 3 amide bonds. The molecule has 1 N–H and O–H groups in total. The maximum Gasteiger partial charge on any atom is 0.248 e. The van der Waals surface area contributed by atoms with E-state index in [9.17, 15) is 19.5 Å². The van der Waals surface area contributed by atoms with Gasteiger partial charge in [0.2, 0.25) is 17.7 Å². The highest BCUT2D eigenvalue weighted by molar-refractivity contribution is 5.99. The van der Waals surface area contributed by atoms with Crippen LogP contribution in [0.4, 0.5) is 0 Å². The van der Waals surface area contributed by atoms with Crippen LogP contribution < -0.4 is 0 Å². The zero-order valence-electron chi connectivity index (χ0n) is 26.4. The molecule has 3 unspecified atom stereocenters. The SMILES string of the molecule is C=CCN(CCN1CCOCC1)C(=O)C1N([C@H](C)CO)C(=O)[C@@H]2[C@H](C(=O)N(CC=C)Cc3ccccc3)[C@@]3(C)OC12CC3C. The number of aliphatic hydroxyl groups excluding tert-OH is 1. The Morgan fingerprint density at radius 3 is 2.41 bits per heavy atom. The number of morpholine rings is 1. The number of hydrogen-bond donors (Lipinski definition) is 1. The molecular weight excluding hydrogens is 560 g/mol. The molecule has 4 fully saturated rings. The van der Waals surface area contributed by atoms with Crippen molar-refractivity contribution < 1.29 is 29.0 Å². The second-order valence-corrected chi connectivity index (χ2v) is 13.0. The Balaban J connectivity index is 1.51. The number of carbonyl (C=O) groups is 3. The molecule has 4 saturated heterocycles. The maximum absolute atomic E-state index is 14.6. The van der Waals surface area contributed by atoms with Crippen molar-refractivity contribution in [1.29, 1.82) is 0 Å². The van der Waals surface area contributed by atoms with Crippen molar-refractivity contribution in [2.75, 3.05) is 59.1 Å². The maximum atomic E-state index is 14.6. The van der Waals surface area contributed by atoms with Gasteiger partial charge in [0, 0.05) is 45.8 Å². The predicted molar refractivity (Wildman–Crippen MR) is 166 cm³/mol. The molecule has 4 aliphatic rings. The minimum absolute atomic E-state index is 0.0799. The van der Waals surface area contributed by atoms with Gasteiger partial charge < -0.3 is 29.3 Å². The number of carbonyl (C=O) groups excluding carboxylic acids is 3. The van der Waals surface area contributed by atoms with Crippen LogP contribution in [0.25, 0.3) is 0 Å². The monoisotopic (exact) mass is 608 g/mol. The van der Waals surface area contributed by atoms with E-state index in [1.165, 1.54) is 4.90 Å². The normalized spacial score (nSPS) is 31.9. The highest BCUT2D eigenvalue weighted by atomic mass is 16.5. The van der Waals surface area contributed by atoms with Crippen molar-refractivity contribution in [1.82, 2.24) is 19.6 Å². The Morgan fingerprint density at radius 2 is 1.77 bits per heavy atom. The molecule has 7 atom stereocenters. The van der Waals surface area contributed by atoms with Crippen LogP contribution in [0.15, 0.2) is 55.6 Å². The van der Waals surface area contributed by atoms with Crippen LogP contribution in [-0.2, 0) is 30.4 Å². The van der Waals surface area contributed by atoms with Crippen LogP contribution in [0.3, 0.4) is 0 Å². The van der Waals surface area contributed by atoms with Gasteiger partial charge in [-0.1, -0.05) is 49.4 Å². The number of benzene rings is 1. The van der Waals surface area contributed by atoms with Gasteiger partial charge in [-0.15, -0.1) is 13.2 Å². The summed E-state index contributed by atoms with van der Waals surface area (Å²) < 4.78 is 12.4. The van der Waals surface area contributed by atoms with E-state index in [1.54, 1.807) is 28.9 Å². The summed E-state index contributed by atoms with van der Waals surface area (Å²) in [6.07, 6.45) is 3.87. The van der Waals surface area contributed by atoms with Crippen molar-refractivity contribution in [2.24, 2.45) is 17.8 Å². The van der Waals surface area contributed by atoms with Crippen molar-refractivity contribution in [2.45, 2.75) is 57.0 Å². The van der Waals surface area contributed by atoms with E-state index in [4.69, 9.17) is 9.47 Å². The van der Waals surface area contributed by atoms with Gasteiger partial charge in [-0.3, -0.25) is 19.3 Å². The Kier molecular flexibility index (Phi) is 9.65. The van der Waals surface area contributed by atoms with E-state index in [2.05, 4.69) is 18.1 Å². The number of fused-ring (bicyclic) bond motifs is 1. The third-order valence-corrected chi connectivity index (χ3v) is 10.3. The van der Waals surface area contributed by atoms with E-state index in [1.807, 2.05) is 44.2 Å². The second kappa shape index (κ2) is 13.1. The Hall–Kier alpha value is -3.05.